The van der Waals surface area contributed by atoms with Crippen LogP contribution in [-0.2, 0) is 4.79 Å². The number of hydrogen-bond donors (Lipinski definition) is 0. The van der Waals surface area contributed by atoms with E-state index in [0.717, 1.165) is 19.3 Å². The van der Waals surface area contributed by atoms with Crippen LogP contribution in [0.25, 0.3) is 0 Å². The Balaban J connectivity index is 3.09. The number of nitrogens with zero attached hydrogens (tertiary/aromatic N) is 2. The third kappa shape index (κ3) is 3.94. The molecule has 0 aromatic heterocycles. The van der Waals surface area contributed by atoms with Gasteiger partial charge in [-0.3, -0.25) is 4.79 Å². The zero-order valence-electron chi connectivity index (χ0n) is 12.9. The van der Waals surface area contributed by atoms with Gasteiger partial charge in [0, 0.05) is 12.3 Å². The van der Waals surface area contributed by atoms with E-state index in [1.165, 1.54) is 5.57 Å². The fourth-order valence-corrected chi connectivity index (χ4v) is 2.60. The molecule has 0 radical (unpaired) electrons. The van der Waals surface area contributed by atoms with Crippen molar-refractivity contribution in [2.24, 2.45) is 23.2 Å². The molecule has 0 aliphatic heterocycles. The minimum Gasteiger partial charge on any atom is -0.299 e. The molecule has 1 rings (SSSR count). The Labute approximate surface area is 122 Å². The third-order valence-electron chi connectivity index (χ3n) is 4.61. The molecule has 108 valence electrons. The van der Waals surface area contributed by atoms with Crippen molar-refractivity contribution in [3.63, 3.8) is 0 Å². The van der Waals surface area contributed by atoms with Crippen LogP contribution in [-0.4, -0.2) is 5.78 Å². The zero-order chi connectivity index (χ0) is 15.3. The molecule has 0 fully saturated rings. The molecule has 1 aliphatic carbocycles. The molecule has 0 amide bonds. The Morgan fingerprint density at radius 2 is 1.95 bits per heavy atom. The Kier molecular flexibility index (Phi) is 5.52. The first-order chi connectivity index (χ1) is 9.31. The molecule has 0 aromatic rings. The normalized spacial score (nSPS) is 34.0. The highest BCUT2D eigenvalue weighted by Crippen LogP contribution is 2.36. The van der Waals surface area contributed by atoms with Crippen molar-refractivity contribution in [1.82, 2.24) is 0 Å². The van der Waals surface area contributed by atoms with Gasteiger partial charge in [-0.2, -0.15) is 10.5 Å². The Bertz CT molecular complexity index is 476. The second-order valence-corrected chi connectivity index (χ2v) is 6.66. The number of carbonyl (C=O) groups excluding carboxylic acids is 1. The van der Waals surface area contributed by atoms with E-state index in [1.807, 2.05) is 20.8 Å². The Morgan fingerprint density at radius 3 is 2.50 bits per heavy atom. The second kappa shape index (κ2) is 6.71. The summed E-state index contributed by atoms with van der Waals surface area (Å²) in [6.45, 7) is 7.98. The zero-order valence-corrected chi connectivity index (χ0v) is 12.9. The minimum absolute atomic E-state index is 0.0516. The largest absolute Gasteiger partial charge is 0.299 e. The smallest absolute Gasteiger partial charge is 0.138 e. The van der Waals surface area contributed by atoms with E-state index in [1.54, 1.807) is 0 Å². The number of hydrogen-bond acceptors (Lipinski definition) is 3. The summed E-state index contributed by atoms with van der Waals surface area (Å²) in [7, 11) is 0. The monoisotopic (exact) mass is 272 g/mol. The van der Waals surface area contributed by atoms with Gasteiger partial charge in [0.2, 0.25) is 0 Å². The number of carbonyl (C=O) groups is 1. The molecule has 0 spiro atoms. The number of nitriles is 2. The molecule has 0 unspecified atom stereocenters. The van der Waals surface area contributed by atoms with E-state index in [9.17, 15) is 15.3 Å². The van der Waals surface area contributed by atoms with Crippen molar-refractivity contribution in [3.05, 3.63) is 11.6 Å². The molecular formula is C17H24N2O. The Hall–Kier alpha value is -1.61. The number of allylic oxidation sites excluding steroid dienone is 2. The van der Waals surface area contributed by atoms with Crippen molar-refractivity contribution >= 4 is 5.78 Å². The lowest BCUT2D eigenvalue weighted by molar-refractivity contribution is -0.124. The Morgan fingerprint density at radius 1 is 1.30 bits per heavy atom. The predicted octanol–water partition coefficient (Wildman–Crippen LogP) is 4.02. The van der Waals surface area contributed by atoms with Crippen LogP contribution in [0.2, 0.25) is 0 Å². The van der Waals surface area contributed by atoms with Crippen LogP contribution in [0.1, 0.15) is 53.4 Å². The summed E-state index contributed by atoms with van der Waals surface area (Å²) >= 11 is 0. The van der Waals surface area contributed by atoms with Crippen molar-refractivity contribution in [3.8, 4) is 12.1 Å². The van der Waals surface area contributed by atoms with Gasteiger partial charge in [-0.15, -0.1) is 0 Å². The van der Waals surface area contributed by atoms with Gasteiger partial charge in [0.1, 0.15) is 5.78 Å². The maximum absolute atomic E-state index is 12.3. The van der Waals surface area contributed by atoms with E-state index in [4.69, 9.17) is 0 Å². The summed E-state index contributed by atoms with van der Waals surface area (Å²) < 4.78 is 0. The minimum atomic E-state index is -0.293. The molecule has 0 aromatic carbocycles. The summed E-state index contributed by atoms with van der Waals surface area (Å²) in [5.74, 6) is -0.765. The van der Waals surface area contributed by atoms with Gasteiger partial charge in [-0.05, 0) is 31.6 Å². The van der Waals surface area contributed by atoms with Crippen molar-refractivity contribution in [2.45, 2.75) is 53.4 Å². The highest BCUT2D eigenvalue weighted by molar-refractivity contribution is 5.81. The van der Waals surface area contributed by atoms with Gasteiger partial charge in [0.05, 0.1) is 24.0 Å². The van der Waals surface area contributed by atoms with Gasteiger partial charge < -0.3 is 0 Å². The SMILES string of the molecule is C/C1=C\CC(C)(C)[C@H](C#N)CC(=O)[C@H](C)[C@H](C#N)CC1. The van der Waals surface area contributed by atoms with E-state index < -0.39 is 0 Å². The summed E-state index contributed by atoms with van der Waals surface area (Å²) in [6, 6.07) is 4.56. The van der Waals surface area contributed by atoms with Crippen LogP contribution < -0.4 is 0 Å². The molecule has 3 atom stereocenters. The molecule has 20 heavy (non-hydrogen) atoms. The fourth-order valence-electron chi connectivity index (χ4n) is 2.60. The first-order valence-electron chi connectivity index (χ1n) is 7.29. The summed E-state index contributed by atoms with van der Waals surface area (Å²) in [5, 5.41) is 18.6. The van der Waals surface area contributed by atoms with E-state index in [0.29, 0.717) is 0 Å². The van der Waals surface area contributed by atoms with Crippen LogP contribution in [0.3, 0.4) is 0 Å². The van der Waals surface area contributed by atoms with Crippen LogP contribution in [0.4, 0.5) is 0 Å². The van der Waals surface area contributed by atoms with Gasteiger partial charge in [0.15, 0.2) is 0 Å². The molecule has 0 heterocycles. The van der Waals surface area contributed by atoms with Gasteiger partial charge in [-0.25, -0.2) is 0 Å². The number of Topliss-reactive ketones (excluding diaryl/α,β-unsaturated/α-hetero) is 1. The van der Waals surface area contributed by atoms with Gasteiger partial charge in [-0.1, -0.05) is 32.4 Å². The van der Waals surface area contributed by atoms with E-state index >= 15 is 0 Å². The van der Waals surface area contributed by atoms with Crippen LogP contribution in [0.15, 0.2) is 11.6 Å². The van der Waals surface area contributed by atoms with Gasteiger partial charge in [0.25, 0.3) is 0 Å². The summed E-state index contributed by atoms with van der Waals surface area (Å²) in [6.07, 6.45) is 4.80. The molecule has 3 heteroatoms. The third-order valence-corrected chi connectivity index (χ3v) is 4.61. The predicted molar refractivity (Wildman–Crippen MR) is 78.4 cm³/mol. The lowest BCUT2D eigenvalue weighted by Crippen LogP contribution is -2.28. The summed E-state index contributed by atoms with van der Waals surface area (Å²) in [5.41, 5.74) is 1.04. The summed E-state index contributed by atoms with van der Waals surface area (Å²) in [4.78, 5) is 12.3. The van der Waals surface area contributed by atoms with Crippen LogP contribution >= 0.6 is 0 Å². The van der Waals surface area contributed by atoms with E-state index in [-0.39, 0.29) is 35.4 Å². The number of ketones is 1. The topological polar surface area (TPSA) is 64.7 Å². The molecule has 3 nitrogen and oxygen atoms in total. The van der Waals surface area contributed by atoms with Crippen molar-refractivity contribution in [2.75, 3.05) is 0 Å². The molecule has 0 saturated carbocycles. The van der Waals surface area contributed by atoms with Crippen molar-refractivity contribution in [1.29, 1.82) is 10.5 Å². The van der Waals surface area contributed by atoms with Crippen LogP contribution in [0.5, 0.6) is 0 Å². The lowest BCUT2D eigenvalue weighted by Gasteiger charge is -2.29. The fraction of sp³-hybridized carbons (Fsp3) is 0.706. The average Bonchev–Trinajstić information content (AvgIpc) is 2.42. The molecule has 1 aliphatic rings. The van der Waals surface area contributed by atoms with E-state index in [2.05, 4.69) is 25.1 Å². The highest BCUT2D eigenvalue weighted by atomic mass is 16.1. The first kappa shape index (κ1) is 16.4. The van der Waals surface area contributed by atoms with Crippen molar-refractivity contribution < 1.29 is 4.79 Å². The lowest BCUT2D eigenvalue weighted by atomic mass is 9.73. The second-order valence-electron chi connectivity index (χ2n) is 6.66. The molecule has 0 N–H and O–H groups in total. The quantitative estimate of drug-likeness (QED) is 0.626. The molecule has 0 bridgehead atoms. The molecular weight excluding hydrogens is 248 g/mol. The molecule has 0 saturated heterocycles. The maximum atomic E-state index is 12.3. The van der Waals surface area contributed by atoms with Gasteiger partial charge >= 0.3 is 0 Å². The standard InChI is InChI=1S/C17H24N2O/c1-12-5-6-14(10-18)13(2)16(20)9-15(11-19)17(3,4)8-7-12/h7,13-15H,5-6,8-9H2,1-4H3/b12-7+/t13-,14+,15+/m1/s1. The maximum Gasteiger partial charge on any atom is 0.138 e. The highest BCUT2D eigenvalue weighted by Gasteiger charge is 2.34. The average molecular weight is 272 g/mol. The van der Waals surface area contributed by atoms with Crippen LogP contribution in [0, 0.1) is 45.8 Å². The first-order valence-corrected chi connectivity index (χ1v) is 7.29. The number of rotatable bonds is 0.